The zero-order valence-electron chi connectivity index (χ0n) is 16.5. The van der Waals surface area contributed by atoms with Crippen molar-refractivity contribution < 1.29 is 4.39 Å². The molecule has 2 aromatic carbocycles. The van der Waals surface area contributed by atoms with Crippen LogP contribution in [0, 0.1) is 5.82 Å². The zero-order chi connectivity index (χ0) is 19.4. The highest BCUT2D eigenvalue weighted by Gasteiger charge is 2.48. The first-order chi connectivity index (χ1) is 13.5. The summed E-state index contributed by atoms with van der Waals surface area (Å²) < 4.78 is 15.2. The first kappa shape index (κ1) is 18.7. The van der Waals surface area contributed by atoms with E-state index in [-0.39, 0.29) is 16.1 Å². The number of rotatable bonds is 2. The number of halogens is 1. The molecule has 1 nitrogen and oxygen atoms in total. The predicted octanol–water partition coefficient (Wildman–Crippen LogP) is 6.56. The molecule has 0 atom stereocenters. The van der Waals surface area contributed by atoms with E-state index in [1.807, 2.05) is 23.5 Å². The van der Waals surface area contributed by atoms with Crippen molar-refractivity contribution in [2.45, 2.75) is 42.4 Å². The molecular weight excluding hydrogens is 385 g/mol. The van der Waals surface area contributed by atoms with Gasteiger partial charge in [-0.2, -0.15) is 0 Å². The van der Waals surface area contributed by atoms with E-state index in [1.165, 1.54) is 40.7 Å². The maximum atomic E-state index is 13.5. The van der Waals surface area contributed by atoms with Crippen molar-refractivity contribution in [1.29, 1.82) is 0 Å². The zero-order valence-corrected chi connectivity index (χ0v) is 18.1. The van der Waals surface area contributed by atoms with Gasteiger partial charge in [-0.15, -0.1) is 23.1 Å². The van der Waals surface area contributed by atoms with Crippen LogP contribution in [0.5, 0.6) is 0 Å². The maximum absolute atomic E-state index is 13.5. The molecule has 1 spiro atoms. The number of aryl methyl sites for hydroxylation is 1. The topological polar surface area (TPSA) is 3.24 Å². The highest BCUT2D eigenvalue weighted by molar-refractivity contribution is 8.00. The summed E-state index contributed by atoms with van der Waals surface area (Å²) in [5.41, 5.74) is 2.87. The van der Waals surface area contributed by atoms with Gasteiger partial charge in [-0.3, -0.25) is 4.90 Å². The van der Waals surface area contributed by atoms with E-state index < -0.39 is 0 Å². The van der Waals surface area contributed by atoms with Crippen molar-refractivity contribution in [3.05, 3.63) is 70.4 Å². The fourth-order valence-electron chi connectivity index (χ4n) is 5.32. The van der Waals surface area contributed by atoms with E-state index >= 15 is 0 Å². The number of hydrogen-bond donors (Lipinski definition) is 0. The average Bonchev–Trinajstić information content (AvgIpc) is 3.10. The molecule has 28 heavy (non-hydrogen) atoms. The van der Waals surface area contributed by atoms with Gasteiger partial charge in [0.05, 0.1) is 4.75 Å². The minimum Gasteiger partial charge on any atom is -0.300 e. The van der Waals surface area contributed by atoms with Gasteiger partial charge in [0, 0.05) is 15.1 Å². The van der Waals surface area contributed by atoms with Gasteiger partial charge in [0.2, 0.25) is 0 Å². The molecule has 1 saturated carbocycles. The van der Waals surface area contributed by atoms with Crippen LogP contribution in [-0.2, 0) is 16.7 Å². The second-order valence-corrected chi connectivity index (χ2v) is 11.0. The molecule has 146 valence electrons. The Morgan fingerprint density at radius 2 is 1.64 bits per heavy atom. The van der Waals surface area contributed by atoms with Gasteiger partial charge < -0.3 is 0 Å². The molecule has 0 N–H and O–H groups in total. The predicted molar refractivity (Wildman–Crippen MR) is 120 cm³/mol. The fourth-order valence-corrected chi connectivity index (χ4v) is 8.46. The quantitative estimate of drug-likeness (QED) is 0.470. The van der Waals surface area contributed by atoms with Crippen LogP contribution in [-0.4, -0.2) is 24.7 Å². The van der Waals surface area contributed by atoms with Crippen molar-refractivity contribution in [1.82, 2.24) is 4.90 Å². The van der Waals surface area contributed by atoms with Crippen LogP contribution < -0.4 is 0 Å². The molecule has 2 heterocycles. The third kappa shape index (κ3) is 2.76. The Hall–Kier alpha value is -1.36. The minimum atomic E-state index is -0.150. The van der Waals surface area contributed by atoms with Gasteiger partial charge in [-0.25, -0.2) is 4.39 Å². The van der Waals surface area contributed by atoms with Gasteiger partial charge in [0.25, 0.3) is 0 Å². The lowest BCUT2D eigenvalue weighted by molar-refractivity contribution is 0.0851. The van der Waals surface area contributed by atoms with Crippen molar-refractivity contribution in [3.8, 4) is 0 Å². The summed E-state index contributed by atoms with van der Waals surface area (Å²) in [4.78, 5) is 4.00. The second kappa shape index (κ2) is 6.86. The van der Waals surface area contributed by atoms with Crippen LogP contribution in [0.2, 0.25) is 0 Å². The molecular formula is C24H26FNS2. The van der Waals surface area contributed by atoms with E-state index in [4.69, 9.17) is 0 Å². The molecule has 0 unspecified atom stereocenters. The number of thioether (sulfide) groups is 1. The number of hydrogen-bond acceptors (Lipinski definition) is 3. The SMILES string of the molecule is CN(C)C1(c2ccc(F)cc2)CCC2(CC1)SCCc1c2sc2ccccc12. The van der Waals surface area contributed by atoms with Gasteiger partial charge in [-0.1, -0.05) is 30.3 Å². The average molecular weight is 412 g/mol. The smallest absolute Gasteiger partial charge is 0.123 e. The summed E-state index contributed by atoms with van der Waals surface area (Å²) in [5.74, 6) is 1.07. The Bertz CT molecular complexity index is 997. The van der Waals surface area contributed by atoms with E-state index in [0.29, 0.717) is 0 Å². The van der Waals surface area contributed by atoms with Crippen molar-refractivity contribution in [2.24, 2.45) is 0 Å². The molecule has 4 heteroatoms. The van der Waals surface area contributed by atoms with Crippen molar-refractivity contribution in [3.63, 3.8) is 0 Å². The molecule has 1 aromatic heterocycles. The first-order valence-electron chi connectivity index (χ1n) is 10.1. The molecule has 1 fully saturated rings. The van der Waals surface area contributed by atoms with Crippen LogP contribution in [0.1, 0.15) is 41.7 Å². The summed E-state index contributed by atoms with van der Waals surface area (Å²) >= 11 is 4.21. The highest BCUT2D eigenvalue weighted by atomic mass is 32.2. The molecule has 1 aliphatic carbocycles. The van der Waals surface area contributed by atoms with Crippen LogP contribution in [0.25, 0.3) is 10.1 Å². The Labute approximate surface area is 174 Å². The first-order valence-corrected chi connectivity index (χ1v) is 11.9. The van der Waals surface area contributed by atoms with Gasteiger partial charge in [0.1, 0.15) is 5.82 Å². The summed E-state index contributed by atoms with van der Waals surface area (Å²) in [6, 6.07) is 16.1. The normalized spacial score (nSPS) is 27.4. The molecule has 5 rings (SSSR count). The lowest BCUT2D eigenvalue weighted by Crippen LogP contribution is -2.47. The Morgan fingerprint density at radius 3 is 2.36 bits per heavy atom. The van der Waals surface area contributed by atoms with E-state index in [0.717, 1.165) is 12.8 Å². The van der Waals surface area contributed by atoms with Gasteiger partial charge in [-0.05, 0) is 86.7 Å². The lowest BCUT2D eigenvalue weighted by atomic mass is 9.70. The minimum absolute atomic E-state index is 0.00774. The summed E-state index contributed by atoms with van der Waals surface area (Å²) in [7, 11) is 4.36. The molecule has 1 aliphatic heterocycles. The Kier molecular flexibility index (Phi) is 4.57. The molecule has 2 aliphatic rings. The number of thiophene rings is 1. The van der Waals surface area contributed by atoms with Crippen LogP contribution in [0.3, 0.4) is 0 Å². The standard InChI is InChI=1S/C24H26FNS2/c1-26(2)23(17-7-9-18(25)10-8-17)12-14-24(15-13-23)22-20(11-16-27-24)19-5-3-4-6-21(19)28-22/h3-10H,11-16H2,1-2H3. The number of nitrogens with zero attached hydrogens (tertiary/aromatic N) is 1. The second-order valence-electron chi connectivity index (χ2n) is 8.43. The molecule has 3 aromatic rings. The monoisotopic (exact) mass is 411 g/mol. The largest absolute Gasteiger partial charge is 0.300 e. The van der Waals surface area contributed by atoms with Crippen LogP contribution >= 0.6 is 23.1 Å². The lowest BCUT2D eigenvalue weighted by Gasteiger charge is -2.50. The van der Waals surface area contributed by atoms with Crippen molar-refractivity contribution >= 4 is 33.2 Å². The fraction of sp³-hybridized carbons (Fsp3) is 0.417. The summed E-state index contributed by atoms with van der Waals surface area (Å²) in [6.45, 7) is 0. The van der Waals surface area contributed by atoms with Gasteiger partial charge >= 0.3 is 0 Å². The Balaban J connectivity index is 1.52. The van der Waals surface area contributed by atoms with E-state index in [1.54, 1.807) is 22.6 Å². The number of fused-ring (bicyclic) bond motifs is 4. The molecule has 0 amide bonds. The van der Waals surface area contributed by atoms with Gasteiger partial charge in [0.15, 0.2) is 0 Å². The third-order valence-corrected chi connectivity index (χ3v) is 10.1. The molecule has 0 saturated heterocycles. The van der Waals surface area contributed by atoms with Crippen LogP contribution in [0.15, 0.2) is 48.5 Å². The summed E-state index contributed by atoms with van der Waals surface area (Å²) in [5, 5.41) is 1.48. The maximum Gasteiger partial charge on any atom is 0.123 e. The number of benzene rings is 2. The molecule has 0 bridgehead atoms. The van der Waals surface area contributed by atoms with E-state index in [2.05, 4.69) is 55.0 Å². The Morgan fingerprint density at radius 1 is 0.929 bits per heavy atom. The summed E-state index contributed by atoms with van der Waals surface area (Å²) in [6.07, 6.45) is 5.81. The van der Waals surface area contributed by atoms with Crippen LogP contribution in [0.4, 0.5) is 4.39 Å². The third-order valence-electron chi connectivity index (χ3n) is 6.96. The van der Waals surface area contributed by atoms with E-state index in [9.17, 15) is 4.39 Å². The van der Waals surface area contributed by atoms with Crippen molar-refractivity contribution in [2.75, 3.05) is 19.8 Å². The highest BCUT2D eigenvalue weighted by Crippen LogP contribution is 2.59. The molecule has 0 radical (unpaired) electrons.